The predicted octanol–water partition coefficient (Wildman–Crippen LogP) is 4.25. The molecule has 3 rings (SSSR count). The van der Waals surface area contributed by atoms with Gasteiger partial charge in [0.2, 0.25) is 0 Å². The Bertz CT molecular complexity index is 681. The van der Waals surface area contributed by atoms with Crippen LogP contribution in [-0.4, -0.2) is 23.2 Å². The largest absolute Gasteiger partial charge is 0.494 e. The van der Waals surface area contributed by atoms with E-state index < -0.39 is 0 Å². The molecule has 1 heterocycles. The summed E-state index contributed by atoms with van der Waals surface area (Å²) in [4.78, 5) is 4.42. The fraction of sp³-hybridized carbons (Fsp3) is 0.444. The Morgan fingerprint density at radius 1 is 1.17 bits per heavy atom. The molecule has 1 fully saturated rings. The molecule has 0 unspecified atom stereocenters. The SMILES string of the molecule is COc1ccc(NC(=S)NC2CCCCCC2)c2cccnc12. The van der Waals surface area contributed by atoms with E-state index in [4.69, 9.17) is 17.0 Å². The summed E-state index contributed by atoms with van der Waals surface area (Å²) in [5, 5.41) is 8.50. The third-order valence-electron chi connectivity index (χ3n) is 4.39. The zero-order valence-corrected chi connectivity index (χ0v) is 14.3. The van der Waals surface area contributed by atoms with Gasteiger partial charge in [-0.1, -0.05) is 25.7 Å². The Hall–Kier alpha value is -1.88. The highest BCUT2D eigenvalue weighted by molar-refractivity contribution is 7.80. The average Bonchev–Trinajstić information content (AvgIpc) is 2.84. The van der Waals surface area contributed by atoms with Gasteiger partial charge in [0.05, 0.1) is 7.11 Å². The van der Waals surface area contributed by atoms with Crippen molar-refractivity contribution in [3.05, 3.63) is 30.5 Å². The minimum absolute atomic E-state index is 0.486. The zero-order valence-electron chi connectivity index (χ0n) is 13.5. The zero-order chi connectivity index (χ0) is 16.1. The number of fused-ring (bicyclic) bond motifs is 1. The molecule has 0 bridgehead atoms. The highest BCUT2D eigenvalue weighted by atomic mass is 32.1. The van der Waals surface area contributed by atoms with E-state index in [9.17, 15) is 0 Å². The summed E-state index contributed by atoms with van der Waals surface area (Å²) in [5.74, 6) is 0.772. The molecule has 1 aliphatic rings. The first kappa shape index (κ1) is 16.0. The third-order valence-corrected chi connectivity index (χ3v) is 4.61. The molecule has 1 aliphatic carbocycles. The molecule has 1 aromatic heterocycles. The van der Waals surface area contributed by atoms with Crippen molar-refractivity contribution in [1.29, 1.82) is 0 Å². The van der Waals surface area contributed by atoms with Crippen LogP contribution in [0.3, 0.4) is 0 Å². The highest BCUT2D eigenvalue weighted by Gasteiger charge is 2.14. The van der Waals surface area contributed by atoms with Crippen LogP contribution in [0.4, 0.5) is 5.69 Å². The van der Waals surface area contributed by atoms with Gasteiger partial charge in [-0.2, -0.15) is 0 Å². The summed E-state index contributed by atoms with van der Waals surface area (Å²) in [6.45, 7) is 0. The Morgan fingerprint density at radius 2 is 1.96 bits per heavy atom. The second-order valence-corrected chi connectivity index (χ2v) is 6.41. The van der Waals surface area contributed by atoms with Gasteiger partial charge in [0.15, 0.2) is 5.11 Å². The third kappa shape index (κ3) is 3.91. The molecule has 4 nitrogen and oxygen atoms in total. The monoisotopic (exact) mass is 329 g/mol. The Labute approximate surface area is 142 Å². The number of methoxy groups -OCH3 is 1. The van der Waals surface area contributed by atoms with Crippen molar-refractivity contribution in [3.8, 4) is 5.75 Å². The average molecular weight is 329 g/mol. The maximum Gasteiger partial charge on any atom is 0.171 e. The number of rotatable bonds is 3. The molecule has 0 spiro atoms. The Morgan fingerprint density at radius 3 is 2.70 bits per heavy atom. The quantitative estimate of drug-likeness (QED) is 0.651. The first-order valence-electron chi connectivity index (χ1n) is 8.27. The molecular formula is C18H23N3OS. The van der Waals surface area contributed by atoms with Crippen molar-refractivity contribution in [3.63, 3.8) is 0 Å². The highest BCUT2D eigenvalue weighted by Crippen LogP contribution is 2.29. The van der Waals surface area contributed by atoms with Gasteiger partial charge in [0, 0.05) is 23.3 Å². The smallest absolute Gasteiger partial charge is 0.171 e. The van der Waals surface area contributed by atoms with Gasteiger partial charge in [-0.15, -0.1) is 0 Å². The van der Waals surface area contributed by atoms with Crippen LogP contribution >= 0.6 is 12.2 Å². The van der Waals surface area contributed by atoms with E-state index in [1.807, 2.05) is 24.3 Å². The lowest BCUT2D eigenvalue weighted by molar-refractivity contribution is 0.419. The Balaban J connectivity index is 1.74. The topological polar surface area (TPSA) is 46.2 Å². The molecule has 1 saturated carbocycles. The predicted molar refractivity (Wildman–Crippen MR) is 99.1 cm³/mol. The molecule has 2 N–H and O–H groups in total. The van der Waals surface area contributed by atoms with Gasteiger partial charge in [-0.05, 0) is 49.3 Å². The van der Waals surface area contributed by atoms with Gasteiger partial charge in [0.25, 0.3) is 0 Å². The molecule has 0 amide bonds. The van der Waals surface area contributed by atoms with Crippen molar-refractivity contribution < 1.29 is 4.74 Å². The summed E-state index contributed by atoms with van der Waals surface area (Å²) < 4.78 is 5.38. The summed E-state index contributed by atoms with van der Waals surface area (Å²) in [6.07, 6.45) is 9.43. The first-order valence-corrected chi connectivity index (χ1v) is 8.68. The number of pyridine rings is 1. The molecular weight excluding hydrogens is 306 g/mol. The molecule has 0 atom stereocenters. The van der Waals surface area contributed by atoms with Crippen LogP contribution in [0.15, 0.2) is 30.5 Å². The van der Waals surface area contributed by atoms with Crippen LogP contribution in [-0.2, 0) is 0 Å². The molecule has 0 saturated heterocycles. The van der Waals surface area contributed by atoms with Gasteiger partial charge >= 0.3 is 0 Å². The van der Waals surface area contributed by atoms with E-state index in [1.54, 1.807) is 13.3 Å². The molecule has 1 aromatic carbocycles. The number of nitrogens with one attached hydrogen (secondary N) is 2. The number of hydrogen-bond acceptors (Lipinski definition) is 3. The standard InChI is InChI=1S/C18H23N3OS/c1-22-16-11-10-15(14-9-6-12-19-17(14)16)21-18(23)20-13-7-4-2-3-5-8-13/h6,9-13H,2-5,7-8H2,1H3,(H2,20,21,23). The van der Waals surface area contributed by atoms with Gasteiger partial charge in [-0.25, -0.2) is 0 Å². The van der Waals surface area contributed by atoms with E-state index in [0.29, 0.717) is 11.2 Å². The molecule has 5 heteroatoms. The summed E-state index contributed by atoms with van der Waals surface area (Å²) in [5.41, 5.74) is 1.80. The van der Waals surface area contributed by atoms with E-state index >= 15 is 0 Å². The second kappa shape index (κ2) is 7.59. The van der Waals surface area contributed by atoms with Crippen molar-refractivity contribution in [1.82, 2.24) is 10.3 Å². The van der Waals surface area contributed by atoms with Gasteiger partial charge < -0.3 is 15.4 Å². The van der Waals surface area contributed by atoms with Crippen LogP contribution in [0.1, 0.15) is 38.5 Å². The number of aromatic nitrogens is 1. The Kier molecular flexibility index (Phi) is 5.28. The van der Waals surface area contributed by atoms with Crippen LogP contribution < -0.4 is 15.4 Å². The fourth-order valence-corrected chi connectivity index (χ4v) is 3.46. The van der Waals surface area contributed by atoms with Gasteiger partial charge in [-0.3, -0.25) is 4.98 Å². The summed E-state index contributed by atoms with van der Waals surface area (Å²) >= 11 is 5.51. The molecule has 122 valence electrons. The molecule has 23 heavy (non-hydrogen) atoms. The van der Waals surface area contributed by atoms with Crippen molar-refractivity contribution in [2.24, 2.45) is 0 Å². The van der Waals surface area contributed by atoms with Gasteiger partial charge in [0.1, 0.15) is 11.3 Å². The van der Waals surface area contributed by atoms with Crippen molar-refractivity contribution in [2.45, 2.75) is 44.6 Å². The van der Waals surface area contributed by atoms with E-state index in [-0.39, 0.29) is 0 Å². The maximum atomic E-state index is 5.51. The number of benzene rings is 1. The van der Waals surface area contributed by atoms with Crippen LogP contribution in [0, 0.1) is 0 Å². The van der Waals surface area contributed by atoms with E-state index in [1.165, 1.54) is 38.5 Å². The van der Waals surface area contributed by atoms with E-state index in [0.717, 1.165) is 22.3 Å². The number of anilines is 1. The number of thiocarbonyl (C=S) groups is 1. The normalized spacial score (nSPS) is 15.9. The van der Waals surface area contributed by atoms with Crippen LogP contribution in [0.2, 0.25) is 0 Å². The lowest BCUT2D eigenvalue weighted by atomic mass is 10.1. The minimum Gasteiger partial charge on any atom is -0.494 e. The van der Waals surface area contributed by atoms with Crippen molar-refractivity contribution in [2.75, 3.05) is 12.4 Å². The number of nitrogens with zero attached hydrogens (tertiary/aromatic N) is 1. The molecule has 2 aromatic rings. The van der Waals surface area contributed by atoms with E-state index in [2.05, 4.69) is 15.6 Å². The lowest BCUT2D eigenvalue weighted by Gasteiger charge is -2.20. The number of hydrogen-bond donors (Lipinski definition) is 2. The van der Waals surface area contributed by atoms with Crippen LogP contribution in [0.5, 0.6) is 5.75 Å². The molecule has 0 radical (unpaired) electrons. The first-order chi connectivity index (χ1) is 11.3. The lowest BCUT2D eigenvalue weighted by Crippen LogP contribution is -2.37. The molecule has 0 aliphatic heterocycles. The maximum absolute atomic E-state index is 5.51. The fourth-order valence-electron chi connectivity index (χ4n) is 3.19. The summed E-state index contributed by atoms with van der Waals surface area (Å²) in [7, 11) is 1.66. The second-order valence-electron chi connectivity index (χ2n) is 6.00. The summed E-state index contributed by atoms with van der Waals surface area (Å²) in [6, 6.07) is 8.35. The minimum atomic E-state index is 0.486. The van der Waals surface area contributed by atoms with Crippen molar-refractivity contribution >= 4 is 33.9 Å². The number of ether oxygens (including phenoxy) is 1. The van der Waals surface area contributed by atoms with Crippen LogP contribution in [0.25, 0.3) is 10.9 Å².